The Kier molecular flexibility index (Phi) is 63.8. The van der Waals surface area contributed by atoms with Crippen LogP contribution in [-0.2, 0) is 33.2 Å². The molecule has 17 atom stereocenters. The third kappa shape index (κ3) is 48.1. The van der Waals surface area contributed by atoms with E-state index in [1.165, 1.54) is 180 Å². The molecule has 0 bridgehead atoms. The third-order valence-electron chi connectivity index (χ3n) is 21.4. The maximum Gasteiger partial charge on any atom is 0.220 e. The van der Waals surface area contributed by atoms with Crippen molar-refractivity contribution < 1.29 is 89.4 Å². The van der Waals surface area contributed by atoms with E-state index in [0.717, 1.165) is 116 Å². The van der Waals surface area contributed by atoms with Gasteiger partial charge in [-0.25, -0.2) is 0 Å². The number of carbonyl (C=O) groups excluding carboxylic acids is 1. The second-order valence-corrected chi connectivity index (χ2v) is 31.0. The fraction of sp³-hybridized carbons (Fsp3) is 0.791. The molecule has 0 aromatic rings. The summed E-state index contributed by atoms with van der Waals surface area (Å²) >= 11 is 0. The Morgan fingerprint density at radius 3 is 0.982 bits per heavy atom. The van der Waals surface area contributed by atoms with Crippen LogP contribution < -0.4 is 5.32 Å². The molecule has 0 aliphatic carbocycles. The van der Waals surface area contributed by atoms with Gasteiger partial charge in [0.15, 0.2) is 18.9 Å². The lowest BCUT2D eigenvalue weighted by Crippen LogP contribution is -2.66. The molecule has 636 valence electrons. The number of allylic oxidation sites excluding steroid dienone is 18. The number of hydrogen-bond donors (Lipinski definition) is 12. The zero-order valence-corrected chi connectivity index (χ0v) is 68.5. The highest BCUT2D eigenvalue weighted by molar-refractivity contribution is 5.76. The Morgan fingerprint density at radius 2 is 0.627 bits per heavy atom. The molecule has 0 aromatic carbocycles. The van der Waals surface area contributed by atoms with Crippen LogP contribution in [0.3, 0.4) is 0 Å². The van der Waals surface area contributed by atoms with Gasteiger partial charge >= 0.3 is 0 Å². The topological polar surface area (TPSA) is 307 Å². The van der Waals surface area contributed by atoms with Crippen molar-refractivity contribution in [1.29, 1.82) is 0 Å². The molecule has 0 aromatic heterocycles. The van der Waals surface area contributed by atoms with E-state index in [-0.39, 0.29) is 18.9 Å². The number of amides is 1. The van der Waals surface area contributed by atoms with Crippen LogP contribution in [0.5, 0.6) is 0 Å². The number of ether oxygens (including phenoxy) is 6. The Balaban J connectivity index is 1.35. The summed E-state index contributed by atoms with van der Waals surface area (Å²) in [4.78, 5) is 13.5. The quantitative estimate of drug-likeness (QED) is 0.0199. The molecule has 0 radical (unpaired) electrons. The number of nitrogens with one attached hydrogen (secondary N) is 1. The highest BCUT2D eigenvalue weighted by atomic mass is 16.8. The molecule has 3 saturated heterocycles. The fourth-order valence-corrected chi connectivity index (χ4v) is 14.4. The summed E-state index contributed by atoms with van der Waals surface area (Å²) in [6.45, 7) is 1.71. The van der Waals surface area contributed by atoms with Crippen LogP contribution in [0.4, 0.5) is 0 Å². The van der Waals surface area contributed by atoms with E-state index in [4.69, 9.17) is 28.4 Å². The normalized spacial score (nSPS) is 25.7. The zero-order valence-electron chi connectivity index (χ0n) is 68.5. The largest absolute Gasteiger partial charge is 0.394 e. The minimum absolute atomic E-state index is 0.237. The molecule has 3 aliphatic rings. The van der Waals surface area contributed by atoms with Gasteiger partial charge in [-0.05, 0) is 83.5 Å². The smallest absolute Gasteiger partial charge is 0.220 e. The summed E-state index contributed by atoms with van der Waals surface area (Å²) in [5.41, 5.74) is 0. The zero-order chi connectivity index (χ0) is 79.5. The van der Waals surface area contributed by atoms with E-state index in [2.05, 4.69) is 129 Å². The minimum atomic E-state index is -1.98. The summed E-state index contributed by atoms with van der Waals surface area (Å²) in [5, 5.41) is 121. The first kappa shape index (κ1) is 101. The van der Waals surface area contributed by atoms with E-state index in [1.54, 1.807) is 0 Å². The number of carbonyl (C=O) groups is 1. The van der Waals surface area contributed by atoms with Crippen molar-refractivity contribution in [3.63, 3.8) is 0 Å². The summed E-state index contributed by atoms with van der Waals surface area (Å²) in [7, 11) is 0. The van der Waals surface area contributed by atoms with Crippen LogP contribution in [0.2, 0.25) is 0 Å². The molecular weight excluding hydrogens is 1390 g/mol. The Morgan fingerprint density at radius 1 is 0.336 bits per heavy atom. The summed E-state index contributed by atoms with van der Waals surface area (Å²) in [6, 6.07) is -0.909. The van der Waals surface area contributed by atoms with Crippen LogP contribution in [0, 0.1) is 0 Å². The first-order valence-corrected chi connectivity index (χ1v) is 44.1. The first-order chi connectivity index (χ1) is 53.8. The molecule has 3 fully saturated rings. The monoisotopic (exact) mass is 1550 g/mol. The third-order valence-corrected chi connectivity index (χ3v) is 21.4. The minimum Gasteiger partial charge on any atom is -0.394 e. The van der Waals surface area contributed by atoms with Crippen LogP contribution in [-0.4, -0.2) is 193 Å². The van der Waals surface area contributed by atoms with Gasteiger partial charge in [0.1, 0.15) is 73.2 Å². The molecule has 12 N–H and O–H groups in total. The van der Waals surface area contributed by atoms with E-state index in [9.17, 15) is 61.0 Å². The maximum atomic E-state index is 13.5. The van der Waals surface area contributed by atoms with Crippen molar-refractivity contribution in [2.75, 3.05) is 26.4 Å². The summed E-state index contributed by atoms with van der Waals surface area (Å²) in [5.74, 6) is -0.262. The molecule has 3 aliphatic heterocycles. The molecule has 19 heteroatoms. The average molecular weight is 1560 g/mol. The van der Waals surface area contributed by atoms with E-state index < -0.39 is 124 Å². The highest BCUT2D eigenvalue weighted by Crippen LogP contribution is 2.33. The SMILES string of the molecule is CC/C=C\C/C=C\C/C=C\C/C=C\C/C=C\C/C=C\C/C=C\C/C=C\C/C=C\CCCCCCCC(=O)NC(COC1OC(CO)C(OC2OC(CO)C(OC3OC(CO)C(O)C(O)C3O)C(O)C2O)C(O)C1O)C(O)CCCCCCCCCCCCCCCCCCCCCCCCCCCCCCCCCC. The molecule has 0 saturated carbocycles. The molecule has 19 nitrogen and oxygen atoms in total. The Labute approximate surface area is 665 Å². The van der Waals surface area contributed by atoms with Crippen molar-refractivity contribution in [1.82, 2.24) is 5.32 Å². The van der Waals surface area contributed by atoms with E-state index in [1.807, 2.05) is 0 Å². The average Bonchev–Trinajstić information content (AvgIpc) is 0.780. The lowest BCUT2D eigenvalue weighted by Gasteiger charge is -2.48. The van der Waals surface area contributed by atoms with Gasteiger partial charge in [-0.15, -0.1) is 0 Å². The van der Waals surface area contributed by atoms with Gasteiger partial charge in [-0.3, -0.25) is 4.79 Å². The van der Waals surface area contributed by atoms with Crippen LogP contribution in [0.15, 0.2) is 109 Å². The van der Waals surface area contributed by atoms with Gasteiger partial charge in [0.2, 0.25) is 5.91 Å². The van der Waals surface area contributed by atoms with Gasteiger partial charge in [0.05, 0.1) is 38.6 Å². The highest BCUT2D eigenvalue weighted by Gasteiger charge is 2.54. The van der Waals surface area contributed by atoms with Gasteiger partial charge in [-0.2, -0.15) is 0 Å². The van der Waals surface area contributed by atoms with Gasteiger partial charge in [0, 0.05) is 6.42 Å². The lowest BCUT2D eigenvalue weighted by atomic mass is 9.96. The number of rotatable bonds is 70. The van der Waals surface area contributed by atoms with Gasteiger partial charge in [-0.1, -0.05) is 348 Å². The maximum absolute atomic E-state index is 13.5. The standard InChI is InChI=1S/C91H159NO18/c1-3-5-7-9-11-13-15-17-19-21-23-25-27-29-31-33-35-37-39-41-43-45-47-49-51-53-55-57-59-61-63-65-67-69-79(97)92-74(75(96)68-66-64-62-60-58-56-54-52-50-48-46-44-42-40-38-36-34-32-30-28-26-24-22-20-18-16-14-12-10-8-6-4-2)73-105-89-85(103)82(100)87(77(71-94)107-89)110-91-86(104)83(101)88(78(72-95)108-91)109-90-84(102)81(99)80(98)76(70-93)106-90/h5,7,11,13,17,19,23,25,29,31,35,37,41,43,47,49,53,55,74-78,80-91,93-96,98-104H,3-4,6,8-10,12,14-16,18,20-22,24,26-28,30,32-34,36,38-40,42,44-46,48,50-52,54,56-73H2,1-2H3,(H,92,97)/b7-5-,13-11-,19-17-,25-23-,31-29-,37-35-,43-41-,49-47-,55-53-. The van der Waals surface area contributed by atoms with Crippen molar-refractivity contribution in [3.8, 4) is 0 Å². The van der Waals surface area contributed by atoms with Gasteiger partial charge < -0.3 is 89.9 Å². The van der Waals surface area contributed by atoms with Crippen LogP contribution in [0.1, 0.15) is 328 Å². The van der Waals surface area contributed by atoms with Crippen molar-refractivity contribution in [2.45, 2.75) is 433 Å². The predicted molar refractivity (Wildman–Crippen MR) is 443 cm³/mol. The fourth-order valence-electron chi connectivity index (χ4n) is 14.4. The van der Waals surface area contributed by atoms with Crippen molar-refractivity contribution in [3.05, 3.63) is 109 Å². The van der Waals surface area contributed by atoms with Crippen molar-refractivity contribution in [2.24, 2.45) is 0 Å². The Bertz CT molecular complexity index is 2410. The summed E-state index contributed by atoms with van der Waals surface area (Å²) < 4.78 is 34.6. The number of unbranched alkanes of at least 4 members (excludes halogenated alkanes) is 36. The van der Waals surface area contributed by atoms with E-state index >= 15 is 0 Å². The van der Waals surface area contributed by atoms with Gasteiger partial charge in [0.25, 0.3) is 0 Å². The number of aliphatic hydroxyl groups is 11. The molecule has 0 spiro atoms. The second-order valence-electron chi connectivity index (χ2n) is 31.0. The number of hydrogen-bond acceptors (Lipinski definition) is 18. The Hall–Kier alpha value is -3.55. The van der Waals surface area contributed by atoms with Crippen LogP contribution >= 0.6 is 0 Å². The predicted octanol–water partition coefficient (Wildman–Crippen LogP) is 16.5. The van der Waals surface area contributed by atoms with Crippen molar-refractivity contribution >= 4 is 5.91 Å². The molecule has 110 heavy (non-hydrogen) atoms. The lowest BCUT2D eigenvalue weighted by molar-refractivity contribution is -0.379. The molecule has 3 heterocycles. The molecular formula is C91H159NO18. The molecule has 3 rings (SSSR count). The van der Waals surface area contributed by atoms with E-state index in [0.29, 0.717) is 12.8 Å². The molecule has 1 amide bonds. The molecule has 17 unspecified atom stereocenters. The second kappa shape index (κ2) is 69.7. The first-order valence-electron chi connectivity index (χ1n) is 44.1. The number of aliphatic hydroxyl groups excluding tert-OH is 11. The van der Waals surface area contributed by atoms with Crippen LogP contribution in [0.25, 0.3) is 0 Å². The summed E-state index contributed by atoms with van der Waals surface area (Å²) in [6.07, 6.45) is 70.4.